The molecule has 0 N–H and O–H groups in total. The zero-order valence-electron chi connectivity index (χ0n) is 17.2. The number of carbonyl (C=O) groups excluding carboxylic acids is 2. The molecule has 3 heterocycles. The van der Waals surface area contributed by atoms with E-state index in [1.807, 2.05) is 4.90 Å². The Morgan fingerprint density at radius 1 is 1.09 bits per heavy atom. The second kappa shape index (κ2) is 6.85. The standard InChI is InChI=1S/C22H22ClF3N4O2/c23-18-15-8-12(11-4-5-11)9-16(22(24,25)26)30(15)27-19(18)21(32)28-6-7-29(17(31)10-28)20-13-2-1-3-14(13)20/h8-9,11,13-14,20H,1-7,10H2/t13-,14+,20?. The van der Waals surface area contributed by atoms with Crippen molar-refractivity contribution in [2.24, 2.45) is 11.8 Å². The summed E-state index contributed by atoms with van der Waals surface area (Å²) in [7, 11) is 0. The molecule has 0 radical (unpaired) electrons. The fourth-order valence-corrected chi connectivity index (χ4v) is 5.95. The molecule has 6 rings (SSSR count). The molecular weight excluding hydrogens is 445 g/mol. The van der Waals surface area contributed by atoms with Gasteiger partial charge in [0.15, 0.2) is 5.69 Å². The second-order valence-electron chi connectivity index (χ2n) is 9.47. The molecule has 3 saturated carbocycles. The average Bonchev–Trinajstić information content (AvgIpc) is 3.64. The van der Waals surface area contributed by atoms with Gasteiger partial charge in [-0.15, -0.1) is 0 Å². The highest BCUT2D eigenvalue weighted by Crippen LogP contribution is 2.55. The lowest BCUT2D eigenvalue weighted by molar-refractivity contribution is -0.142. The quantitative estimate of drug-likeness (QED) is 0.688. The number of pyridine rings is 1. The van der Waals surface area contributed by atoms with Crippen LogP contribution in [0.15, 0.2) is 12.1 Å². The minimum Gasteiger partial charge on any atom is -0.336 e. The molecule has 2 amide bonds. The zero-order valence-corrected chi connectivity index (χ0v) is 18.0. The van der Waals surface area contributed by atoms with E-state index in [0.717, 1.165) is 31.7 Å². The van der Waals surface area contributed by atoms with E-state index in [0.29, 0.717) is 41.0 Å². The van der Waals surface area contributed by atoms with Crippen molar-refractivity contribution in [3.8, 4) is 0 Å². The van der Waals surface area contributed by atoms with Gasteiger partial charge in [-0.25, -0.2) is 4.52 Å². The number of hydrogen-bond acceptors (Lipinski definition) is 3. The number of fused-ring (bicyclic) bond motifs is 2. The molecule has 170 valence electrons. The molecule has 4 fully saturated rings. The number of alkyl halides is 3. The van der Waals surface area contributed by atoms with Crippen molar-refractivity contribution < 1.29 is 22.8 Å². The van der Waals surface area contributed by atoms with E-state index in [1.54, 1.807) is 6.07 Å². The Kier molecular flexibility index (Phi) is 4.35. The largest absolute Gasteiger partial charge is 0.433 e. The van der Waals surface area contributed by atoms with Crippen LogP contribution in [0.25, 0.3) is 5.52 Å². The molecule has 2 aromatic heterocycles. The van der Waals surface area contributed by atoms with Gasteiger partial charge in [0, 0.05) is 19.1 Å². The number of halogens is 4. The van der Waals surface area contributed by atoms with Crippen LogP contribution in [-0.2, 0) is 11.0 Å². The van der Waals surface area contributed by atoms with Gasteiger partial charge in [0.2, 0.25) is 5.91 Å². The minimum atomic E-state index is -4.64. The average molecular weight is 467 g/mol. The maximum atomic E-state index is 13.7. The Labute approximate surface area is 187 Å². The molecule has 1 unspecified atom stereocenters. The van der Waals surface area contributed by atoms with Crippen LogP contribution in [0.1, 0.15) is 59.8 Å². The van der Waals surface area contributed by atoms with Crippen LogP contribution < -0.4 is 0 Å². The van der Waals surface area contributed by atoms with E-state index in [9.17, 15) is 22.8 Å². The van der Waals surface area contributed by atoms with Crippen molar-refractivity contribution in [3.63, 3.8) is 0 Å². The summed E-state index contributed by atoms with van der Waals surface area (Å²) in [6.45, 7) is 0.662. The molecule has 3 atom stereocenters. The Morgan fingerprint density at radius 3 is 2.44 bits per heavy atom. The molecule has 0 bridgehead atoms. The summed E-state index contributed by atoms with van der Waals surface area (Å²) < 4.78 is 41.8. The van der Waals surface area contributed by atoms with E-state index in [4.69, 9.17) is 11.6 Å². The van der Waals surface area contributed by atoms with Crippen LogP contribution in [0.3, 0.4) is 0 Å². The number of nitrogens with zero attached hydrogens (tertiary/aromatic N) is 4. The predicted molar refractivity (Wildman–Crippen MR) is 109 cm³/mol. The van der Waals surface area contributed by atoms with Gasteiger partial charge in [-0.3, -0.25) is 9.59 Å². The molecule has 4 aliphatic rings. The number of amides is 2. The summed E-state index contributed by atoms with van der Waals surface area (Å²) in [5.74, 6) is 0.546. The Balaban J connectivity index is 1.28. The number of rotatable bonds is 3. The number of aromatic nitrogens is 2. The van der Waals surface area contributed by atoms with Gasteiger partial charge in [0.05, 0.1) is 10.5 Å². The highest BCUT2D eigenvalue weighted by Gasteiger charge is 2.57. The first-order chi connectivity index (χ1) is 15.2. The van der Waals surface area contributed by atoms with E-state index >= 15 is 0 Å². The normalized spacial score (nSPS) is 27.9. The van der Waals surface area contributed by atoms with Crippen molar-refractivity contribution in [1.29, 1.82) is 0 Å². The Bertz CT molecular complexity index is 1130. The smallest absolute Gasteiger partial charge is 0.336 e. The summed E-state index contributed by atoms with van der Waals surface area (Å²) in [6, 6.07) is 2.98. The van der Waals surface area contributed by atoms with E-state index < -0.39 is 17.8 Å². The molecule has 0 spiro atoms. The third kappa shape index (κ3) is 3.11. The third-order valence-electron chi connectivity index (χ3n) is 7.50. The Hall–Kier alpha value is -2.29. The highest BCUT2D eigenvalue weighted by atomic mass is 35.5. The van der Waals surface area contributed by atoms with Gasteiger partial charge in [0.1, 0.15) is 12.2 Å². The lowest BCUT2D eigenvalue weighted by Gasteiger charge is -2.35. The monoisotopic (exact) mass is 466 g/mol. The first-order valence-electron chi connectivity index (χ1n) is 11.1. The topological polar surface area (TPSA) is 57.9 Å². The van der Waals surface area contributed by atoms with E-state index in [1.165, 1.54) is 11.3 Å². The highest BCUT2D eigenvalue weighted by molar-refractivity contribution is 6.36. The molecule has 6 nitrogen and oxygen atoms in total. The van der Waals surface area contributed by atoms with Gasteiger partial charge < -0.3 is 9.80 Å². The van der Waals surface area contributed by atoms with Crippen LogP contribution >= 0.6 is 11.6 Å². The van der Waals surface area contributed by atoms with E-state index in [-0.39, 0.29) is 34.6 Å². The van der Waals surface area contributed by atoms with Crippen LogP contribution in [0.2, 0.25) is 5.02 Å². The second-order valence-corrected chi connectivity index (χ2v) is 9.85. The molecule has 0 aromatic carbocycles. The number of carbonyl (C=O) groups is 2. The van der Waals surface area contributed by atoms with Crippen molar-refractivity contribution in [1.82, 2.24) is 19.4 Å². The molecule has 1 saturated heterocycles. The molecule has 32 heavy (non-hydrogen) atoms. The van der Waals surface area contributed by atoms with Crippen LogP contribution in [-0.4, -0.2) is 56.9 Å². The number of piperazine rings is 1. The van der Waals surface area contributed by atoms with Gasteiger partial charge in [0.25, 0.3) is 5.91 Å². The molecule has 3 aliphatic carbocycles. The lowest BCUT2D eigenvalue weighted by Crippen LogP contribution is -2.53. The maximum absolute atomic E-state index is 13.7. The van der Waals surface area contributed by atoms with Gasteiger partial charge in [-0.1, -0.05) is 18.0 Å². The first-order valence-corrected chi connectivity index (χ1v) is 11.5. The summed E-state index contributed by atoms with van der Waals surface area (Å²) in [4.78, 5) is 29.1. The molecular formula is C22H22ClF3N4O2. The summed E-state index contributed by atoms with van der Waals surface area (Å²) in [5.41, 5.74) is -0.555. The lowest BCUT2D eigenvalue weighted by atomic mass is 10.1. The van der Waals surface area contributed by atoms with Crippen LogP contribution in [0.4, 0.5) is 13.2 Å². The first kappa shape index (κ1) is 20.3. The van der Waals surface area contributed by atoms with Crippen LogP contribution in [0, 0.1) is 11.8 Å². The maximum Gasteiger partial charge on any atom is 0.433 e. The zero-order chi connectivity index (χ0) is 22.4. The predicted octanol–water partition coefficient (Wildman–Crippen LogP) is 3.97. The van der Waals surface area contributed by atoms with Crippen molar-refractivity contribution in [3.05, 3.63) is 34.1 Å². The summed E-state index contributed by atoms with van der Waals surface area (Å²) >= 11 is 6.39. The molecule has 2 aromatic rings. The fraction of sp³-hybridized carbons (Fsp3) is 0.591. The van der Waals surface area contributed by atoms with Gasteiger partial charge in [-0.05, 0) is 61.1 Å². The SMILES string of the molecule is O=C(c1nn2c(C(F)(F)F)cc(C3CC3)cc2c1Cl)N1CCN(C2[C@H]3CCC[C@@H]23)C(=O)C1. The van der Waals surface area contributed by atoms with Gasteiger partial charge in [-0.2, -0.15) is 18.3 Å². The summed E-state index contributed by atoms with van der Waals surface area (Å²) in [5, 5.41) is 3.86. The molecule has 1 aliphatic heterocycles. The van der Waals surface area contributed by atoms with Crippen molar-refractivity contribution >= 4 is 28.9 Å². The molecule has 10 heteroatoms. The van der Waals surface area contributed by atoms with Crippen molar-refractivity contribution in [2.45, 2.75) is 50.2 Å². The third-order valence-corrected chi connectivity index (χ3v) is 7.88. The van der Waals surface area contributed by atoms with Crippen LogP contribution in [0.5, 0.6) is 0 Å². The Morgan fingerprint density at radius 2 is 1.81 bits per heavy atom. The van der Waals surface area contributed by atoms with Crippen molar-refractivity contribution in [2.75, 3.05) is 19.6 Å². The number of hydrogen-bond donors (Lipinski definition) is 0. The fourth-order valence-electron chi connectivity index (χ4n) is 5.70. The minimum absolute atomic E-state index is 0.0718. The van der Waals surface area contributed by atoms with E-state index in [2.05, 4.69) is 5.10 Å². The summed E-state index contributed by atoms with van der Waals surface area (Å²) in [6.07, 6.45) is 0.558. The van der Waals surface area contributed by atoms with Gasteiger partial charge >= 0.3 is 6.18 Å².